The zero-order valence-corrected chi connectivity index (χ0v) is 39.0. The van der Waals surface area contributed by atoms with E-state index in [2.05, 4.69) is 123 Å². The number of nitrogens with zero attached hydrogens (tertiary/aromatic N) is 4. The molecule has 1 aliphatic rings. The van der Waals surface area contributed by atoms with Gasteiger partial charge in [0, 0.05) is 33.8 Å². The van der Waals surface area contributed by atoms with E-state index in [1.54, 1.807) is 0 Å². The van der Waals surface area contributed by atoms with E-state index in [9.17, 15) is 5.48 Å². The third-order valence-corrected chi connectivity index (χ3v) is 15.0. The van der Waals surface area contributed by atoms with Gasteiger partial charge in [-0.05, 0) is 126 Å². The SMILES string of the molecule is [2H]c1c([2H])c([2H])c(-c2c(C)c(C)c(C)c(-c3c([2H])c([2H])c([2H])c([2H])c3[2H])c2N2CN(c3cc(Cc4ccc5c6ccccc6n(-c6cc(C(C)(C)C)ccn6)c5c4)cc([Si](C)(C)C)c3)c3ccccc32)c([2H])c1[2H]. The standard InChI is InChI=1S/C59H58N4Si/c1-39-40(2)56(44-20-12-10-13-21-44)58(57(41(39)3)45-22-14-11-15-23-45)62-38-61(52-26-18-19-27-53(52)62)47-33-43(34-48(37-47)64(7,8)9)32-42-28-29-50-49-24-16-17-25-51(49)63(54(50)35-42)55-36-46(30-31-60-55)59(4,5)6/h10-31,33-37H,32,38H2,1-9H3/i10D,11D,12D,13D,14D,15D,20D,21D,22D,23D. The van der Waals surface area contributed by atoms with Gasteiger partial charge in [-0.1, -0.05) is 155 Å². The molecule has 64 heavy (non-hydrogen) atoms. The lowest BCUT2D eigenvalue weighted by atomic mass is 9.85. The third-order valence-electron chi connectivity index (χ3n) is 13.0. The molecule has 10 rings (SSSR count). The Morgan fingerprint density at radius 2 is 1.22 bits per heavy atom. The van der Waals surface area contributed by atoms with Gasteiger partial charge in [0.15, 0.2) is 0 Å². The van der Waals surface area contributed by atoms with Gasteiger partial charge in [-0.2, -0.15) is 0 Å². The van der Waals surface area contributed by atoms with E-state index in [4.69, 9.17) is 13.2 Å². The topological polar surface area (TPSA) is 24.3 Å². The Balaban J connectivity index is 1.18. The van der Waals surface area contributed by atoms with Gasteiger partial charge in [0.05, 0.1) is 49.9 Å². The number of fused-ring (bicyclic) bond motifs is 4. The Morgan fingerprint density at radius 3 is 1.86 bits per heavy atom. The number of hydrogen-bond donors (Lipinski definition) is 0. The van der Waals surface area contributed by atoms with E-state index in [1.807, 2.05) is 56.1 Å². The lowest BCUT2D eigenvalue weighted by Gasteiger charge is -2.31. The third kappa shape index (κ3) is 7.22. The molecule has 5 heteroatoms. The first kappa shape index (κ1) is 31.2. The molecule has 3 heterocycles. The fourth-order valence-corrected chi connectivity index (χ4v) is 10.6. The van der Waals surface area contributed by atoms with Crippen molar-refractivity contribution in [2.45, 2.75) is 73.0 Å². The number of pyridine rings is 1. The van der Waals surface area contributed by atoms with Crippen molar-refractivity contribution < 1.29 is 13.7 Å². The van der Waals surface area contributed by atoms with Crippen molar-refractivity contribution in [3.8, 4) is 28.1 Å². The number of para-hydroxylation sites is 3. The van der Waals surface area contributed by atoms with Crippen LogP contribution in [0.25, 0.3) is 49.9 Å². The van der Waals surface area contributed by atoms with Crippen molar-refractivity contribution in [2.24, 2.45) is 0 Å². The molecule has 0 N–H and O–H groups in total. The molecule has 0 fully saturated rings. The second kappa shape index (κ2) is 15.8. The summed E-state index contributed by atoms with van der Waals surface area (Å²) >= 11 is 0. The molecule has 0 atom stereocenters. The minimum Gasteiger partial charge on any atom is -0.321 e. The van der Waals surface area contributed by atoms with Gasteiger partial charge in [-0.25, -0.2) is 4.98 Å². The summed E-state index contributed by atoms with van der Waals surface area (Å²) in [6.45, 7) is 19.4. The summed E-state index contributed by atoms with van der Waals surface area (Å²) in [5.74, 6) is 0.865. The molecular formula is C59H58N4Si. The van der Waals surface area contributed by atoms with Gasteiger partial charge < -0.3 is 9.80 Å². The van der Waals surface area contributed by atoms with E-state index in [1.165, 1.54) is 10.8 Å². The summed E-state index contributed by atoms with van der Waals surface area (Å²) in [5.41, 5.74) is 11.0. The summed E-state index contributed by atoms with van der Waals surface area (Å²) in [6, 6.07) is 29.6. The normalized spacial score (nSPS) is 15.2. The molecule has 7 aromatic carbocycles. The number of anilines is 4. The van der Waals surface area contributed by atoms with Crippen LogP contribution in [0.15, 0.2) is 164 Å². The van der Waals surface area contributed by atoms with Crippen LogP contribution in [-0.4, -0.2) is 24.3 Å². The first-order chi connectivity index (χ1) is 34.9. The van der Waals surface area contributed by atoms with Gasteiger partial charge in [0.25, 0.3) is 0 Å². The summed E-state index contributed by atoms with van der Waals surface area (Å²) in [4.78, 5) is 9.17. The van der Waals surface area contributed by atoms with Crippen LogP contribution in [0.5, 0.6) is 0 Å². The Labute approximate surface area is 394 Å². The highest BCUT2D eigenvalue weighted by Gasteiger charge is 2.34. The van der Waals surface area contributed by atoms with Gasteiger partial charge in [0.2, 0.25) is 0 Å². The minimum absolute atomic E-state index is 0.0344. The largest absolute Gasteiger partial charge is 0.321 e. The fourth-order valence-electron chi connectivity index (χ4n) is 9.38. The quantitative estimate of drug-likeness (QED) is 0.142. The van der Waals surface area contributed by atoms with Crippen LogP contribution in [0, 0.1) is 20.8 Å². The Morgan fingerprint density at radius 1 is 0.609 bits per heavy atom. The summed E-state index contributed by atoms with van der Waals surface area (Å²) in [5, 5.41) is 3.55. The fraction of sp³-hybridized carbons (Fsp3) is 0.203. The number of hydrogen-bond acceptors (Lipinski definition) is 3. The highest BCUT2D eigenvalue weighted by Crippen LogP contribution is 2.52. The number of benzene rings is 7. The van der Waals surface area contributed by atoms with Gasteiger partial charge in [-0.3, -0.25) is 4.57 Å². The maximum absolute atomic E-state index is 9.33. The molecule has 0 unspecified atom stereocenters. The van der Waals surface area contributed by atoms with E-state index in [0.717, 1.165) is 55.8 Å². The van der Waals surface area contributed by atoms with Crippen LogP contribution in [0.2, 0.25) is 19.6 Å². The van der Waals surface area contributed by atoms with E-state index in [-0.39, 0.29) is 23.2 Å². The van der Waals surface area contributed by atoms with Crippen molar-refractivity contribution in [3.63, 3.8) is 0 Å². The lowest BCUT2D eigenvalue weighted by Crippen LogP contribution is -2.38. The van der Waals surface area contributed by atoms with Crippen LogP contribution >= 0.6 is 0 Å². The first-order valence-corrected chi connectivity index (χ1v) is 25.5. The summed E-state index contributed by atoms with van der Waals surface area (Å²) in [6.07, 6.45) is 2.53. The molecule has 9 aromatic rings. The molecule has 0 saturated carbocycles. The molecule has 0 saturated heterocycles. The van der Waals surface area contributed by atoms with Crippen molar-refractivity contribution in [1.29, 1.82) is 0 Å². The number of rotatable bonds is 8. The molecule has 0 radical (unpaired) electrons. The van der Waals surface area contributed by atoms with Crippen LogP contribution in [0.1, 0.15) is 67.9 Å². The van der Waals surface area contributed by atoms with E-state index >= 15 is 0 Å². The molecule has 4 nitrogen and oxygen atoms in total. The van der Waals surface area contributed by atoms with Crippen LogP contribution < -0.4 is 15.0 Å². The van der Waals surface area contributed by atoms with Crippen LogP contribution in [-0.2, 0) is 11.8 Å². The van der Waals surface area contributed by atoms with Crippen molar-refractivity contribution in [3.05, 3.63) is 197 Å². The average Bonchev–Trinajstić information content (AvgIpc) is 3.92. The molecule has 0 aliphatic carbocycles. The maximum atomic E-state index is 9.33. The zero-order valence-electron chi connectivity index (χ0n) is 48.0. The van der Waals surface area contributed by atoms with E-state index < -0.39 is 68.5 Å². The monoisotopic (exact) mass is 861 g/mol. The minimum atomic E-state index is -2.00. The maximum Gasteiger partial charge on any atom is 0.137 e. The van der Waals surface area contributed by atoms with Crippen molar-refractivity contribution in [2.75, 3.05) is 16.5 Å². The summed E-state index contributed by atoms with van der Waals surface area (Å²) < 4.78 is 91.9. The predicted molar refractivity (Wildman–Crippen MR) is 277 cm³/mol. The second-order valence-electron chi connectivity index (χ2n) is 19.1. The number of aromatic nitrogens is 2. The highest BCUT2D eigenvalue weighted by molar-refractivity contribution is 6.88. The first-order valence-electron chi connectivity index (χ1n) is 27.0. The Kier molecular flexibility index (Phi) is 7.72. The predicted octanol–water partition coefficient (Wildman–Crippen LogP) is 15.1. The molecule has 1 aliphatic heterocycles. The molecule has 0 amide bonds. The molecular weight excluding hydrogens is 793 g/mol. The molecule has 0 spiro atoms. The molecule has 0 bridgehead atoms. The van der Waals surface area contributed by atoms with Gasteiger partial charge in [0.1, 0.15) is 12.5 Å². The van der Waals surface area contributed by atoms with Gasteiger partial charge in [-0.15, -0.1) is 0 Å². The van der Waals surface area contributed by atoms with Crippen molar-refractivity contribution in [1.82, 2.24) is 9.55 Å². The lowest BCUT2D eigenvalue weighted by molar-refractivity contribution is 0.588. The zero-order chi connectivity index (χ0) is 53.2. The second-order valence-corrected chi connectivity index (χ2v) is 24.2. The molecule has 2 aromatic heterocycles. The van der Waals surface area contributed by atoms with Crippen molar-refractivity contribution >= 4 is 57.8 Å². The van der Waals surface area contributed by atoms with Crippen LogP contribution in [0.4, 0.5) is 22.7 Å². The van der Waals surface area contributed by atoms with E-state index in [0.29, 0.717) is 39.9 Å². The molecule has 318 valence electrons. The smallest absolute Gasteiger partial charge is 0.137 e. The van der Waals surface area contributed by atoms with Crippen LogP contribution in [0.3, 0.4) is 0 Å². The Hall–Kier alpha value is -6.69. The average molecular weight is 861 g/mol. The van der Waals surface area contributed by atoms with Gasteiger partial charge >= 0.3 is 0 Å². The highest BCUT2D eigenvalue weighted by atomic mass is 28.3. The Bertz CT molecular complexity index is 3680. The summed E-state index contributed by atoms with van der Waals surface area (Å²) in [7, 11) is -2.00.